The Morgan fingerprint density at radius 1 is 1.08 bits per heavy atom. The van der Waals surface area contributed by atoms with Crippen LogP contribution in [-0.4, -0.2) is 81.6 Å². The summed E-state index contributed by atoms with van der Waals surface area (Å²) in [4.78, 5) is 17.7. The number of carbonyl (C=O) groups is 1. The Labute approximate surface area is 235 Å². The summed E-state index contributed by atoms with van der Waals surface area (Å²) in [7, 11) is -0.945. The molecule has 0 bridgehead atoms. The first-order valence-corrected chi connectivity index (χ1v) is 16.4. The van der Waals surface area contributed by atoms with Crippen molar-refractivity contribution in [2.75, 3.05) is 50.5 Å². The molecule has 0 aromatic heterocycles. The fraction of sp³-hybridized carbons (Fsp3) is 0.700. The Morgan fingerprint density at radius 3 is 2.38 bits per heavy atom. The zero-order valence-corrected chi connectivity index (χ0v) is 24.3. The number of piperazine rings is 1. The second kappa shape index (κ2) is 10.9. The van der Waals surface area contributed by atoms with Crippen LogP contribution in [0.5, 0.6) is 0 Å². The number of nitriles is 1. The normalized spacial score (nSPS) is 26.9. The van der Waals surface area contributed by atoms with Gasteiger partial charge in [0.15, 0.2) is 0 Å². The molecule has 6 rings (SSSR count). The van der Waals surface area contributed by atoms with E-state index in [0.29, 0.717) is 49.5 Å². The summed E-state index contributed by atoms with van der Waals surface area (Å²) in [5.74, 6) is 2.39. The fourth-order valence-electron chi connectivity index (χ4n) is 7.81. The second-order valence-corrected chi connectivity index (χ2v) is 13.9. The first-order chi connectivity index (χ1) is 18.9. The maximum absolute atomic E-state index is 13.1. The first-order valence-electron chi connectivity index (χ1n) is 14.9. The third kappa shape index (κ3) is 5.22. The quantitative estimate of drug-likeness (QED) is 0.568. The number of hydrogen-bond acceptors (Lipinski definition) is 6. The minimum atomic E-state index is -0.945. The third-order valence-corrected chi connectivity index (χ3v) is 11.4. The van der Waals surface area contributed by atoms with Gasteiger partial charge in [-0.3, -0.25) is 9.80 Å². The highest BCUT2D eigenvalue weighted by molar-refractivity contribution is 7.81. The zero-order valence-electron chi connectivity index (χ0n) is 23.5. The van der Waals surface area contributed by atoms with Crippen molar-refractivity contribution in [1.82, 2.24) is 14.1 Å². The zero-order chi connectivity index (χ0) is 27.1. The molecule has 0 radical (unpaired) electrons. The Hall–Kier alpha value is -2.44. The standard InChI is InChI=1S/C30H42N6O2S/c1-22-17-26(8-7-24(22)21-31)36-27(23-5-3-4-6-23)18-28(32-36)33-11-9-30(10-12-33)19-25(20-30)29(37)34-13-15-35(16-14-34)39(2)38/h7-8,17,23,25,27H,3-6,9-16,18-20H2,1-2H3. The lowest BCUT2D eigenvalue weighted by Crippen LogP contribution is -2.55. The largest absolute Gasteiger partial charge is 0.359 e. The molecule has 1 aromatic rings. The van der Waals surface area contributed by atoms with E-state index in [1.165, 1.54) is 31.5 Å². The number of rotatable bonds is 4. The van der Waals surface area contributed by atoms with E-state index < -0.39 is 11.0 Å². The predicted octanol–water partition coefficient (Wildman–Crippen LogP) is 3.88. The molecular weight excluding hydrogens is 508 g/mol. The van der Waals surface area contributed by atoms with Gasteiger partial charge >= 0.3 is 0 Å². The number of hydrazone groups is 1. The predicted molar refractivity (Wildman–Crippen MR) is 154 cm³/mol. The Bertz CT molecular complexity index is 1180. The van der Waals surface area contributed by atoms with Crippen molar-refractivity contribution < 1.29 is 9.00 Å². The summed E-state index contributed by atoms with van der Waals surface area (Å²) in [6.45, 7) is 6.90. The SMILES string of the molecule is Cc1cc(N2N=C(N3CCC4(CC3)CC(C(=O)N3CCN(S(C)=O)CC3)C4)CC2C2CCCC2)ccc1C#N. The molecule has 8 nitrogen and oxygen atoms in total. The summed E-state index contributed by atoms with van der Waals surface area (Å²) >= 11 is 0. The van der Waals surface area contributed by atoms with Gasteiger partial charge in [0.1, 0.15) is 5.84 Å². The summed E-state index contributed by atoms with van der Waals surface area (Å²) in [6, 6.07) is 8.83. The molecule has 9 heteroatoms. The number of anilines is 1. The van der Waals surface area contributed by atoms with E-state index in [1.54, 1.807) is 6.26 Å². The molecular formula is C30H42N6O2S. The Kier molecular flexibility index (Phi) is 7.45. The molecule has 5 aliphatic rings. The number of amidine groups is 1. The van der Waals surface area contributed by atoms with Crippen LogP contribution in [0.1, 0.15) is 68.9 Å². The minimum absolute atomic E-state index is 0.168. The van der Waals surface area contributed by atoms with Crippen molar-refractivity contribution >= 4 is 28.4 Å². The van der Waals surface area contributed by atoms with Crippen LogP contribution >= 0.6 is 0 Å². The highest BCUT2D eigenvalue weighted by Gasteiger charge is 2.50. The summed E-state index contributed by atoms with van der Waals surface area (Å²) < 4.78 is 13.7. The molecule has 2 atom stereocenters. The van der Waals surface area contributed by atoms with Gasteiger partial charge in [-0.25, -0.2) is 8.51 Å². The lowest BCUT2D eigenvalue weighted by atomic mass is 9.57. The lowest BCUT2D eigenvalue weighted by Gasteiger charge is -2.53. The molecule has 4 fully saturated rings. The van der Waals surface area contributed by atoms with Crippen LogP contribution < -0.4 is 5.01 Å². The van der Waals surface area contributed by atoms with E-state index in [4.69, 9.17) is 5.10 Å². The number of aryl methyl sites for hydroxylation is 1. The van der Waals surface area contributed by atoms with Crippen molar-refractivity contribution in [3.05, 3.63) is 29.3 Å². The first kappa shape index (κ1) is 26.8. The van der Waals surface area contributed by atoms with E-state index in [9.17, 15) is 14.3 Å². The van der Waals surface area contributed by atoms with Crippen LogP contribution in [0.25, 0.3) is 0 Å². The van der Waals surface area contributed by atoms with Gasteiger partial charge in [0, 0.05) is 57.9 Å². The third-order valence-electron chi connectivity index (χ3n) is 10.3. The molecule has 3 aliphatic heterocycles. The molecule has 2 unspecified atom stereocenters. The lowest BCUT2D eigenvalue weighted by molar-refractivity contribution is -0.146. The van der Waals surface area contributed by atoms with Gasteiger partial charge in [-0.2, -0.15) is 10.4 Å². The minimum Gasteiger partial charge on any atom is -0.359 e. The molecule has 0 N–H and O–H groups in total. The van der Waals surface area contributed by atoms with Crippen molar-refractivity contribution in [2.45, 2.75) is 70.8 Å². The van der Waals surface area contributed by atoms with Crippen molar-refractivity contribution in [2.24, 2.45) is 22.4 Å². The summed E-state index contributed by atoms with van der Waals surface area (Å²) in [6.07, 6.45) is 12.2. The Balaban J connectivity index is 1.07. The Morgan fingerprint density at radius 2 is 1.77 bits per heavy atom. The van der Waals surface area contributed by atoms with Crippen molar-refractivity contribution in [3.63, 3.8) is 0 Å². The number of piperidine rings is 1. The van der Waals surface area contributed by atoms with Crippen LogP contribution in [0, 0.1) is 35.5 Å². The maximum atomic E-state index is 13.1. The average Bonchev–Trinajstić information content (AvgIpc) is 3.62. The number of carbonyl (C=O) groups excluding carboxylic acids is 1. The van der Waals surface area contributed by atoms with Crippen LogP contribution in [0.2, 0.25) is 0 Å². The van der Waals surface area contributed by atoms with Gasteiger partial charge in [0.2, 0.25) is 5.91 Å². The van der Waals surface area contributed by atoms with Gasteiger partial charge in [0.05, 0.1) is 34.3 Å². The number of amides is 1. The molecule has 1 aromatic carbocycles. The van der Waals surface area contributed by atoms with E-state index in [0.717, 1.165) is 62.0 Å². The fourth-order valence-corrected chi connectivity index (χ4v) is 8.49. The number of likely N-dealkylation sites (tertiary alicyclic amines) is 1. The van der Waals surface area contributed by atoms with E-state index in [-0.39, 0.29) is 5.92 Å². The van der Waals surface area contributed by atoms with Gasteiger partial charge in [-0.1, -0.05) is 12.8 Å². The summed E-state index contributed by atoms with van der Waals surface area (Å²) in [5, 5.41) is 16.9. The highest BCUT2D eigenvalue weighted by Crippen LogP contribution is 2.53. The van der Waals surface area contributed by atoms with Crippen LogP contribution in [0.4, 0.5) is 5.69 Å². The second-order valence-electron chi connectivity index (χ2n) is 12.6. The smallest absolute Gasteiger partial charge is 0.225 e. The molecule has 2 saturated carbocycles. The molecule has 210 valence electrons. The molecule has 2 saturated heterocycles. The van der Waals surface area contributed by atoms with Crippen LogP contribution in [0.3, 0.4) is 0 Å². The monoisotopic (exact) mass is 550 g/mol. The van der Waals surface area contributed by atoms with Gasteiger partial charge in [-0.15, -0.1) is 0 Å². The van der Waals surface area contributed by atoms with Crippen molar-refractivity contribution in [1.29, 1.82) is 5.26 Å². The maximum Gasteiger partial charge on any atom is 0.225 e. The molecule has 1 spiro atoms. The van der Waals surface area contributed by atoms with Crippen molar-refractivity contribution in [3.8, 4) is 6.07 Å². The molecule has 3 heterocycles. The van der Waals surface area contributed by atoms with Gasteiger partial charge in [0.25, 0.3) is 0 Å². The number of nitrogens with zero attached hydrogens (tertiary/aromatic N) is 6. The molecule has 39 heavy (non-hydrogen) atoms. The summed E-state index contributed by atoms with van der Waals surface area (Å²) in [5.41, 5.74) is 3.17. The molecule has 1 amide bonds. The average molecular weight is 551 g/mol. The van der Waals surface area contributed by atoms with E-state index in [2.05, 4.69) is 28.1 Å². The van der Waals surface area contributed by atoms with Crippen LogP contribution in [-0.2, 0) is 15.8 Å². The number of benzene rings is 1. The van der Waals surface area contributed by atoms with E-state index >= 15 is 0 Å². The topological polar surface area (TPSA) is 83.2 Å². The highest BCUT2D eigenvalue weighted by atomic mass is 32.2. The van der Waals surface area contributed by atoms with E-state index in [1.807, 2.05) is 22.2 Å². The van der Waals surface area contributed by atoms with Crippen LogP contribution in [0.15, 0.2) is 23.3 Å². The van der Waals surface area contributed by atoms with Gasteiger partial charge in [-0.05, 0) is 80.5 Å². The van der Waals surface area contributed by atoms with Gasteiger partial charge < -0.3 is 9.80 Å². The number of hydrogen-bond donors (Lipinski definition) is 0. The molecule has 2 aliphatic carbocycles.